The third-order valence-corrected chi connectivity index (χ3v) is 2.56. The molecule has 0 radical (unpaired) electrons. The van der Waals surface area contributed by atoms with Crippen LogP contribution in [0.25, 0.3) is 5.57 Å². The number of rotatable bonds is 1. The molecule has 2 rings (SSSR count). The van der Waals surface area contributed by atoms with Gasteiger partial charge in [-0.2, -0.15) is 0 Å². The predicted octanol–water partition coefficient (Wildman–Crippen LogP) is 3.23. The minimum Gasteiger partial charge on any atom is -0.454 e. The lowest BCUT2D eigenvalue weighted by Crippen LogP contribution is -1.92. The second kappa shape index (κ2) is 3.37. The molecule has 0 fully saturated rings. The molecule has 2 heteroatoms. The number of fused-ring (bicyclic) bond motifs is 1. The molecule has 1 aromatic carbocycles. The summed E-state index contributed by atoms with van der Waals surface area (Å²) in [6.07, 6.45) is 0. The molecule has 0 saturated carbocycles. The third-order valence-electron chi connectivity index (χ3n) is 2.56. The molecular weight excluding hydrogens is 176 g/mol. The van der Waals surface area contributed by atoms with Crippen LogP contribution in [0.4, 0.5) is 0 Å². The molecule has 1 aromatic rings. The van der Waals surface area contributed by atoms with Gasteiger partial charge in [0.1, 0.15) is 0 Å². The quantitative estimate of drug-likeness (QED) is 0.676. The highest BCUT2D eigenvalue weighted by molar-refractivity contribution is 5.68. The fraction of sp³-hybridized carbons (Fsp3) is 0.333. The van der Waals surface area contributed by atoms with Crippen LogP contribution in [-0.4, -0.2) is 6.79 Å². The summed E-state index contributed by atoms with van der Waals surface area (Å²) in [7, 11) is 0. The zero-order valence-corrected chi connectivity index (χ0v) is 8.76. The van der Waals surface area contributed by atoms with E-state index in [9.17, 15) is 0 Å². The van der Waals surface area contributed by atoms with E-state index < -0.39 is 0 Å². The summed E-state index contributed by atoms with van der Waals surface area (Å²) in [6.45, 7) is 6.68. The van der Waals surface area contributed by atoms with E-state index in [2.05, 4.69) is 26.8 Å². The minimum absolute atomic E-state index is 0.340. The van der Waals surface area contributed by atoms with Gasteiger partial charge < -0.3 is 9.47 Å². The molecule has 14 heavy (non-hydrogen) atoms. The van der Waals surface area contributed by atoms with Crippen LogP contribution in [-0.2, 0) is 0 Å². The Morgan fingerprint density at radius 3 is 2.50 bits per heavy atom. The maximum atomic E-state index is 5.32. The van der Waals surface area contributed by atoms with Crippen LogP contribution in [0.15, 0.2) is 23.8 Å². The van der Waals surface area contributed by atoms with Gasteiger partial charge in [-0.15, -0.1) is 0 Å². The van der Waals surface area contributed by atoms with Gasteiger partial charge in [0.2, 0.25) is 6.79 Å². The summed E-state index contributed by atoms with van der Waals surface area (Å²) in [5.41, 5.74) is 3.82. The van der Waals surface area contributed by atoms with E-state index in [1.165, 1.54) is 16.7 Å². The van der Waals surface area contributed by atoms with E-state index in [-0.39, 0.29) is 0 Å². The summed E-state index contributed by atoms with van der Waals surface area (Å²) >= 11 is 0. The first-order chi connectivity index (χ1) is 6.68. The van der Waals surface area contributed by atoms with Crippen molar-refractivity contribution in [3.05, 3.63) is 29.3 Å². The molecule has 0 aromatic heterocycles. The molecule has 0 bridgehead atoms. The van der Waals surface area contributed by atoms with Gasteiger partial charge in [0.05, 0.1) is 0 Å². The van der Waals surface area contributed by atoms with Crippen LogP contribution < -0.4 is 9.47 Å². The second-order valence-electron chi connectivity index (χ2n) is 3.69. The Hall–Kier alpha value is -1.44. The van der Waals surface area contributed by atoms with Crippen molar-refractivity contribution in [1.82, 2.24) is 0 Å². The molecule has 2 nitrogen and oxygen atoms in total. The van der Waals surface area contributed by atoms with E-state index in [1.807, 2.05) is 12.1 Å². The number of allylic oxidation sites excluding steroid dienone is 2. The summed E-state index contributed by atoms with van der Waals surface area (Å²) in [6, 6.07) is 6.06. The fourth-order valence-electron chi connectivity index (χ4n) is 1.42. The van der Waals surface area contributed by atoms with Crippen LogP contribution in [0, 0.1) is 0 Å². The van der Waals surface area contributed by atoms with Crippen LogP contribution in [0.5, 0.6) is 11.5 Å². The van der Waals surface area contributed by atoms with Crippen molar-refractivity contribution in [2.24, 2.45) is 0 Å². The highest BCUT2D eigenvalue weighted by Crippen LogP contribution is 2.34. The predicted molar refractivity (Wildman–Crippen MR) is 56.5 cm³/mol. The topological polar surface area (TPSA) is 18.5 Å². The second-order valence-corrected chi connectivity index (χ2v) is 3.69. The van der Waals surface area contributed by atoms with Crippen molar-refractivity contribution in [3.63, 3.8) is 0 Å². The van der Waals surface area contributed by atoms with E-state index >= 15 is 0 Å². The van der Waals surface area contributed by atoms with Crippen molar-refractivity contribution >= 4 is 5.57 Å². The summed E-state index contributed by atoms with van der Waals surface area (Å²) in [4.78, 5) is 0. The highest BCUT2D eigenvalue weighted by Gasteiger charge is 2.13. The lowest BCUT2D eigenvalue weighted by molar-refractivity contribution is 0.174. The molecule has 1 aliphatic heterocycles. The third kappa shape index (κ3) is 1.48. The van der Waals surface area contributed by atoms with Crippen molar-refractivity contribution in [1.29, 1.82) is 0 Å². The molecule has 0 amide bonds. The molecule has 0 saturated heterocycles. The van der Waals surface area contributed by atoms with Crippen LogP contribution >= 0.6 is 0 Å². The highest BCUT2D eigenvalue weighted by atomic mass is 16.7. The van der Waals surface area contributed by atoms with Crippen molar-refractivity contribution in [2.45, 2.75) is 20.8 Å². The Labute approximate surface area is 84.2 Å². The molecule has 74 valence electrons. The van der Waals surface area contributed by atoms with Gasteiger partial charge in [-0.1, -0.05) is 11.6 Å². The van der Waals surface area contributed by atoms with Crippen molar-refractivity contribution < 1.29 is 9.47 Å². The molecule has 1 heterocycles. The van der Waals surface area contributed by atoms with Crippen molar-refractivity contribution in [2.75, 3.05) is 6.79 Å². The van der Waals surface area contributed by atoms with Crippen LogP contribution in [0.1, 0.15) is 26.3 Å². The van der Waals surface area contributed by atoms with Gasteiger partial charge in [0.25, 0.3) is 0 Å². The van der Waals surface area contributed by atoms with Crippen LogP contribution in [0.2, 0.25) is 0 Å². The Bertz CT molecular complexity index is 387. The van der Waals surface area contributed by atoms with E-state index in [4.69, 9.17) is 9.47 Å². The summed E-state index contributed by atoms with van der Waals surface area (Å²) in [5.74, 6) is 1.69. The van der Waals surface area contributed by atoms with Gasteiger partial charge >= 0.3 is 0 Å². The van der Waals surface area contributed by atoms with Gasteiger partial charge in [0, 0.05) is 0 Å². The van der Waals surface area contributed by atoms with E-state index in [0.717, 1.165) is 11.5 Å². The molecule has 0 spiro atoms. The van der Waals surface area contributed by atoms with Gasteiger partial charge in [-0.3, -0.25) is 0 Å². The average Bonchev–Trinajstić information content (AvgIpc) is 2.62. The zero-order chi connectivity index (χ0) is 10.1. The average molecular weight is 190 g/mol. The molecule has 1 aliphatic rings. The van der Waals surface area contributed by atoms with Gasteiger partial charge in [-0.25, -0.2) is 0 Å². The normalized spacial score (nSPS) is 12.8. The first kappa shape index (κ1) is 9.13. The van der Waals surface area contributed by atoms with E-state index in [0.29, 0.717) is 6.79 Å². The minimum atomic E-state index is 0.340. The lowest BCUT2D eigenvalue weighted by Gasteiger charge is -2.05. The number of benzene rings is 1. The smallest absolute Gasteiger partial charge is 0.231 e. The molecular formula is C12H14O2. The zero-order valence-electron chi connectivity index (χ0n) is 8.76. The Balaban J connectivity index is 2.43. The summed E-state index contributed by atoms with van der Waals surface area (Å²) < 4.78 is 10.6. The largest absolute Gasteiger partial charge is 0.454 e. The molecule has 0 atom stereocenters. The van der Waals surface area contributed by atoms with Gasteiger partial charge in [-0.05, 0) is 44.0 Å². The fourth-order valence-corrected chi connectivity index (χ4v) is 1.42. The summed E-state index contributed by atoms with van der Waals surface area (Å²) in [5, 5.41) is 0. The van der Waals surface area contributed by atoms with Crippen LogP contribution in [0.3, 0.4) is 0 Å². The Morgan fingerprint density at radius 2 is 1.79 bits per heavy atom. The van der Waals surface area contributed by atoms with E-state index in [1.54, 1.807) is 0 Å². The molecule has 0 N–H and O–H groups in total. The van der Waals surface area contributed by atoms with Gasteiger partial charge in [0.15, 0.2) is 11.5 Å². The number of hydrogen-bond donors (Lipinski definition) is 0. The Morgan fingerprint density at radius 1 is 1.07 bits per heavy atom. The maximum absolute atomic E-state index is 5.32. The molecule has 0 aliphatic carbocycles. The first-order valence-electron chi connectivity index (χ1n) is 4.72. The Kier molecular flexibility index (Phi) is 2.20. The van der Waals surface area contributed by atoms with Crippen molar-refractivity contribution in [3.8, 4) is 11.5 Å². The maximum Gasteiger partial charge on any atom is 0.231 e. The number of hydrogen-bond acceptors (Lipinski definition) is 2. The number of ether oxygens (including phenoxy) is 2. The molecule has 0 unspecified atom stereocenters. The lowest BCUT2D eigenvalue weighted by atomic mass is 10.0. The standard InChI is InChI=1S/C12H14O2/c1-8(2)9(3)10-4-5-11-12(6-10)14-7-13-11/h4-6H,7H2,1-3H3. The first-order valence-corrected chi connectivity index (χ1v) is 4.72. The monoisotopic (exact) mass is 190 g/mol. The SMILES string of the molecule is CC(C)=C(C)c1ccc2c(c1)OCO2.